The van der Waals surface area contributed by atoms with Crippen LogP contribution in [0.5, 0.6) is 0 Å². The topological polar surface area (TPSA) is 89.3 Å². The molecule has 1 aromatic rings. The van der Waals surface area contributed by atoms with Gasteiger partial charge in [0.05, 0.1) is 5.75 Å². The van der Waals surface area contributed by atoms with Crippen molar-refractivity contribution in [3.05, 3.63) is 29.8 Å². The number of aryl methyl sites for hydroxylation is 1. The van der Waals surface area contributed by atoms with Gasteiger partial charge in [0.2, 0.25) is 5.91 Å². The second-order valence-corrected chi connectivity index (χ2v) is 6.54. The minimum absolute atomic E-state index is 0.0182. The van der Waals surface area contributed by atoms with Gasteiger partial charge in [-0.2, -0.15) is 0 Å². The van der Waals surface area contributed by atoms with Crippen LogP contribution in [0.25, 0.3) is 0 Å². The molecule has 100 valence electrons. The van der Waals surface area contributed by atoms with Gasteiger partial charge in [-0.15, -0.1) is 0 Å². The summed E-state index contributed by atoms with van der Waals surface area (Å²) in [6.45, 7) is 3.23. The van der Waals surface area contributed by atoms with Gasteiger partial charge in [-0.25, -0.2) is 8.42 Å². The van der Waals surface area contributed by atoms with Crippen molar-refractivity contribution in [1.82, 2.24) is 0 Å². The number of rotatable bonds is 5. The van der Waals surface area contributed by atoms with E-state index in [2.05, 4.69) is 5.32 Å². The van der Waals surface area contributed by atoms with E-state index in [9.17, 15) is 13.2 Å². The lowest BCUT2D eigenvalue weighted by Gasteiger charge is -2.13. The van der Waals surface area contributed by atoms with Crippen molar-refractivity contribution in [1.29, 1.82) is 0 Å². The summed E-state index contributed by atoms with van der Waals surface area (Å²) >= 11 is 0. The largest absolute Gasteiger partial charge is 0.329 e. The van der Waals surface area contributed by atoms with E-state index in [1.54, 1.807) is 12.1 Å². The Morgan fingerprint density at radius 3 is 2.56 bits per heavy atom. The van der Waals surface area contributed by atoms with Crippen LogP contribution in [-0.4, -0.2) is 31.9 Å². The number of carbonyl (C=O) groups is 1. The monoisotopic (exact) mass is 270 g/mol. The molecule has 1 atom stereocenters. The average molecular weight is 270 g/mol. The van der Waals surface area contributed by atoms with Gasteiger partial charge in [-0.3, -0.25) is 4.79 Å². The summed E-state index contributed by atoms with van der Waals surface area (Å²) in [5, 5.41) is 1.52. The Bertz CT molecular complexity index is 526. The Balaban J connectivity index is 2.81. The number of nitrogens with two attached hydrogens (primary N) is 1. The van der Waals surface area contributed by atoms with Gasteiger partial charge in [0.25, 0.3) is 0 Å². The third-order valence-electron chi connectivity index (χ3n) is 2.71. The Morgan fingerprint density at radius 2 is 2.00 bits per heavy atom. The third-order valence-corrected chi connectivity index (χ3v) is 4.81. The number of anilines is 1. The lowest BCUT2D eigenvalue weighted by atomic mass is 10.2. The number of carbonyl (C=O) groups excluding carboxylic acids is 1. The Labute approximate surface area is 107 Å². The highest BCUT2D eigenvalue weighted by atomic mass is 32.2. The summed E-state index contributed by atoms with van der Waals surface area (Å²) in [7, 11) is -3.48. The highest BCUT2D eigenvalue weighted by Gasteiger charge is 2.27. The van der Waals surface area contributed by atoms with Crippen molar-refractivity contribution in [2.75, 3.05) is 17.6 Å². The molecule has 0 aliphatic heterocycles. The Hall–Kier alpha value is -1.40. The number of hydrogen-bond acceptors (Lipinski definition) is 4. The fourth-order valence-electron chi connectivity index (χ4n) is 1.45. The first-order valence-electron chi connectivity index (χ1n) is 5.66. The van der Waals surface area contributed by atoms with E-state index in [-0.39, 0.29) is 12.3 Å². The van der Waals surface area contributed by atoms with Crippen molar-refractivity contribution in [3.8, 4) is 0 Å². The molecule has 1 aromatic carbocycles. The summed E-state index contributed by atoms with van der Waals surface area (Å²) in [6.07, 6.45) is 0. The second kappa shape index (κ2) is 5.97. The van der Waals surface area contributed by atoms with Crippen molar-refractivity contribution < 1.29 is 13.2 Å². The van der Waals surface area contributed by atoms with E-state index >= 15 is 0 Å². The van der Waals surface area contributed by atoms with Crippen LogP contribution < -0.4 is 11.1 Å². The van der Waals surface area contributed by atoms with Crippen LogP contribution in [0.2, 0.25) is 0 Å². The number of nitrogens with one attached hydrogen (secondary N) is 1. The van der Waals surface area contributed by atoms with Crippen LogP contribution in [-0.2, 0) is 14.6 Å². The minimum Gasteiger partial charge on any atom is -0.329 e. The van der Waals surface area contributed by atoms with Crippen molar-refractivity contribution >= 4 is 21.4 Å². The maximum Gasteiger partial charge on any atom is 0.242 e. The van der Waals surface area contributed by atoms with E-state index in [0.717, 1.165) is 5.56 Å². The summed E-state index contributed by atoms with van der Waals surface area (Å²) in [5.41, 5.74) is 6.72. The lowest BCUT2D eigenvalue weighted by Crippen LogP contribution is -2.35. The lowest BCUT2D eigenvalue weighted by molar-refractivity contribution is -0.115. The van der Waals surface area contributed by atoms with Gasteiger partial charge in [-0.1, -0.05) is 18.2 Å². The van der Waals surface area contributed by atoms with Gasteiger partial charge >= 0.3 is 0 Å². The molecule has 1 unspecified atom stereocenters. The molecule has 1 rings (SSSR count). The fraction of sp³-hybridized carbons (Fsp3) is 0.417. The molecule has 0 saturated heterocycles. The highest BCUT2D eigenvalue weighted by molar-refractivity contribution is 7.92. The molecule has 3 N–H and O–H groups in total. The zero-order valence-corrected chi connectivity index (χ0v) is 11.3. The predicted octanol–water partition coefficient (Wildman–Crippen LogP) is 0.696. The first-order chi connectivity index (χ1) is 8.38. The van der Waals surface area contributed by atoms with E-state index in [1.165, 1.54) is 6.92 Å². The second-order valence-electron chi connectivity index (χ2n) is 4.10. The molecule has 6 heteroatoms. The number of hydrogen-bond donors (Lipinski definition) is 2. The molecule has 0 aromatic heterocycles. The number of para-hydroxylation sites is 1. The fourth-order valence-corrected chi connectivity index (χ4v) is 2.52. The molecule has 0 aliphatic rings. The zero-order valence-electron chi connectivity index (χ0n) is 10.5. The number of sulfone groups is 1. The van der Waals surface area contributed by atoms with Crippen LogP contribution >= 0.6 is 0 Å². The van der Waals surface area contributed by atoms with Crippen molar-refractivity contribution in [2.24, 2.45) is 5.73 Å². The molecule has 5 nitrogen and oxygen atoms in total. The molecule has 0 heterocycles. The van der Waals surface area contributed by atoms with Crippen LogP contribution in [0, 0.1) is 6.92 Å². The molecule has 0 bridgehead atoms. The van der Waals surface area contributed by atoms with Crippen molar-refractivity contribution in [3.63, 3.8) is 0 Å². The third kappa shape index (κ3) is 3.54. The van der Waals surface area contributed by atoms with Gasteiger partial charge in [0.15, 0.2) is 9.84 Å². The van der Waals surface area contributed by atoms with E-state index in [1.807, 2.05) is 19.1 Å². The number of benzene rings is 1. The maximum atomic E-state index is 11.9. The molecule has 0 fully saturated rings. The normalized spacial score (nSPS) is 13.1. The van der Waals surface area contributed by atoms with Crippen LogP contribution in [0.4, 0.5) is 5.69 Å². The van der Waals surface area contributed by atoms with Gasteiger partial charge in [-0.05, 0) is 25.5 Å². The summed E-state index contributed by atoms with van der Waals surface area (Å²) in [6, 6.07) is 7.20. The molecule has 0 aliphatic carbocycles. The highest BCUT2D eigenvalue weighted by Crippen LogP contribution is 2.14. The molecule has 18 heavy (non-hydrogen) atoms. The molecular formula is C12H18N2O3S. The minimum atomic E-state index is -3.48. The molecule has 0 radical (unpaired) electrons. The first kappa shape index (κ1) is 14.7. The standard InChI is InChI=1S/C12H18N2O3S/c1-9-5-3-4-6-11(9)14-12(15)10(2)18(16,17)8-7-13/h3-6,10H,7-8,13H2,1-2H3,(H,14,15). The molecule has 0 spiro atoms. The van der Waals surface area contributed by atoms with Crippen LogP contribution in [0.15, 0.2) is 24.3 Å². The average Bonchev–Trinajstić information content (AvgIpc) is 2.31. The van der Waals surface area contributed by atoms with Gasteiger partial charge in [0.1, 0.15) is 5.25 Å². The van der Waals surface area contributed by atoms with E-state index < -0.39 is 21.0 Å². The summed E-state index contributed by atoms with van der Waals surface area (Å²) in [4.78, 5) is 11.9. The van der Waals surface area contributed by atoms with Gasteiger partial charge in [0, 0.05) is 12.2 Å². The smallest absolute Gasteiger partial charge is 0.242 e. The molecular weight excluding hydrogens is 252 g/mol. The van der Waals surface area contributed by atoms with Crippen molar-refractivity contribution in [2.45, 2.75) is 19.1 Å². The Kier molecular flexibility index (Phi) is 4.86. The molecule has 1 amide bonds. The Morgan fingerprint density at radius 1 is 1.39 bits per heavy atom. The zero-order chi connectivity index (χ0) is 13.8. The van der Waals surface area contributed by atoms with E-state index in [4.69, 9.17) is 5.73 Å². The van der Waals surface area contributed by atoms with Crippen LogP contribution in [0.3, 0.4) is 0 Å². The maximum absolute atomic E-state index is 11.9. The quantitative estimate of drug-likeness (QED) is 0.824. The summed E-state index contributed by atoms with van der Waals surface area (Å²) in [5.74, 6) is -0.715. The predicted molar refractivity (Wildman–Crippen MR) is 72.1 cm³/mol. The van der Waals surface area contributed by atoms with Crippen LogP contribution in [0.1, 0.15) is 12.5 Å². The van der Waals surface area contributed by atoms with Gasteiger partial charge < -0.3 is 11.1 Å². The SMILES string of the molecule is Cc1ccccc1NC(=O)C(C)S(=O)(=O)CCN. The number of amides is 1. The van der Waals surface area contributed by atoms with E-state index in [0.29, 0.717) is 5.69 Å². The first-order valence-corrected chi connectivity index (χ1v) is 7.38. The summed E-state index contributed by atoms with van der Waals surface area (Å²) < 4.78 is 23.4. The molecule has 0 saturated carbocycles.